The first-order valence-electron chi connectivity index (χ1n) is 4.17. The molecule has 0 aromatic heterocycles. The Morgan fingerprint density at radius 3 is 2.91 bits per heavy atom. The maximum Gasteiger partial charge on any atom is 0.306 e. The molecule has 0 heterocycles. The Labute approximate surface area is 65.9 Å². The predicted molar refractivity (Wildman–Crippen MR) is 41.1 cm³/mol. The van der Waals surface area contributed by atoms with Crippen LogP contribution in [0.5, 0.6) is 0 Å². The standard InChI is InChI=1S/C9H12O2/c10-9(11)8-5-6-2-1-3-7(8)4-6/h1-2,6-8H,3-5H2,(H,10,11)/t6-,7+,8-/m1/s1. The molecule has 1 N–H and O–H groups in total. The lowest BCUT2D eigenvalue weighted by molar-refractivity contribution is -0.142. The number of carboxylic acids is 1. The van der Waals surface area contributed by atoms with Crippen molar-refractivity contribution in [3.63, 3.8) is 0 Å². The fourth-order valence-electron chi connectivity index (χ4n) is 2.33. The largest absolute Gasteiger partial charge is 0.481 e. The number of hydrogen-bond acceptors (Lipinski definition) is 1. The fraction of sp³-hybridized carbons (Fsp3) is 0.667. The van der Waals surface area contributed by atoms with Gasteiger partial charge in [-0.25, -0.2) is 0 Å². The van der Waals surface area contributed by atoms with Crippen molar-refractivity contribution in [1.29, 1.82) is 0 Å². The van der Waals surface area contributed by atoms with Crippen LogP contribution in [-0.2, 0) is 4.79 Å². The van der Waals surface area contributed by atoms with Crippen molar-refractivity contribution < 1.29 is 9.90 Å². The van der Waals surface area contributed by atoms with Crippen molar-refractivity contribution in [3.05, 3.63) is 12.2 Å². The second kappa shape index (κ2) is 2.36. The van der Waals surface area contributed by atoms with Gasteiger partial charge in [0.1, 0.15) is 0 Å². The lowest BCUT2D eigenvalue weighted by Gasteiger charge is -2.14. The average Bonchev–Trinajstić information content (AvgIpc) is 2.27. The fourth-order valence-corrected chi connectivity index (χ4v) is 2.33. The van der Waals surface area contributed by atoms with Gasteiger partial charge in [-0.05, 0) is 31.1 Å². The van der Waals surface area contributed by atoms with Gasteiger partial charge in [0.05, 0.1) is 5.92 Å². The van der Waals surface area contributed by atoms with E-state index < -0.39 is 5.97 Å². The molecule has 2 aliphatic carbocycles. The van der Waals surface area contributed by atoms with Crippen LogP contribution in [0.1, 0.15) is 19.3 Å². The monoisotopic (exact) mass is 152 g/mol. The zero-order chi connectivity index (χ0) is 7.84. The van der Waals surface area contributed by atoms with Crippen molar-refractivity contribution in [2.45, 2.75) is 19.3 Å². The highest BCUT2D eigenvalue weighted by Gasteiger charge is 2.38. The maximum atomic E-state index is 10.7. The van der Waals surface area contributed by atoms with E-state index >= 15 is 0 Å². The third-order valence-electron chi connectivity index (χ3n) is 2.90. The van der Waals surface area contributed by atoms with Gasteiger partial charge in [-0.2, -0.15) is 0 Å². The van der Waals surface area contributed by atoms with Crippen LogP contribution in [-0.4, -0.2) is 11.1 Å². The Hall–Kier alpha value is -0.790. The van der Waals surface area contributed by atoms with Gasteiger partial charge in [-0.1, -0.05) is 12.2 Å². The molecule has 0 aromatic carbocycles. The van der Waals surface area contributed by atoms with E-state index in [9.17, 15) is 4.79 Å². The minimum Gasteiger partial charge on any atom is -0.481 e. The number of hydrogen-bond donors (Lipinski definition) is 1. The lowest BCUT2D eigenvalue weighted by atomic mass is 9.91. The summed E-state index contributed by atoms with van der Waals surface area (Å²) in [5.74, 6) is 0.341. The number of rotatable bonds is 1. The second-order valence-electron chi connectivity index (χ2n) is 3.60. The third kappa shape index (κ3) is 1.06. The molecule has 3 atom stereocenters. The number of carbonyl (C=O) groups is 1. The smallest absolute Gasteiger partial charge is 0.306 e. The second-order valence-corrected chi connectivity index (χ2v) is 3.60. The summed E-state index contributed by atoms with van der Waals surface area (Å²) in [6, 6.07) is 0. The molecule has 1 fully saturated rings. The van der Waals surface area contributed by atoms with Crippen LogP contribution < -0.4 is 0 Å². The molecule has 2 heteroatoms. The summed E-state index contributed by atoms with van der Waals surface area (Å²) in [6.07, 6.45) is 7.28. The molecule has 2 rings (SSSR count). The first-order chi connectivity index (χ1) is 5.27. The van der Waals surface area contributed by atoms with Gasteiger partial charge in [-0.3, -0.25) is 4.79 Å². The van der Waals surface area contributed by atoms with Gasteiger partial charge >= 0.3 is 5.97 Å². The molecule has 2 nitrogen and oxygen atoms in total. The normalized spacial score (nSPS) is 40.9. The summed E-state index contributed by atoms with van der Waals surface area (Å²) in [4.78, 5) is 10.7. The van der Waals surface area contributed by atoms with Gasteiger partial charge in [0, 0.05) is 0 Å². The van der Waals surface area contributed by atoms with Gasteiger partial charge in [0.15, 0.2) is 0 Å². The molecule has 0 amide bonds. The Morgan fingerprint density at radius 2 is 2.27 bits per heavy atom. The van der Waals surface area contributed by atoms with Crippen molar-refractivity contribution >= 4 is 5.97 Å². The summed E-state index contributed by atoms with van der Waals surface area (Å²) in [5.41, 5.74) is 0. The average molecular weight is 152 g/mol. The van der Waals surface area contributed by atoms with Crippen LogP contribution in [0.15, 0.2) is 12.2 Å². The first kappa shape index (κ1) is 6.89. The topological polar surface area (TPSA) is 37.3 Å². The van der Waals surface area contributed by atoms with E-state index in [1.807, 2.05) is 0 Å². The molecule has 1 saturated carbocycles. The molecule has 0 saturated heterocycles. The number of carboxylic acid groups (broad SMARTS) is 1. The summed E-state index contributed by atoms with van der Waals surface area (Å²) in [7, 11) is 0. The molecule has 2 bridgehead atoms. The Balaban J connectivity index is 2.14. The van der Waals surface area contributed by atoms with Crippen molar-refractivity contribution in [2.24, 2.45) is 17.8 Å². The zero-order valence-electron chi connectivity index (χ0n) is 6.36. The lowest BCUT2D eigenvalue weighted by Crippen LogP contribution is -2.17. The molecular formula is C9H12O2. The number of allylic oxidation sites excluding steroid dienone is 2. The van der Waals surface area contributed by atoms with E-state index in [1.54, 1.807) is 0 Å². The Bertz CT molecular complexity index is 208. The van der Waals surface area contributed by atoms with E-state index in [4.69, 9.17) is 5.11 Å². The molecule has 0 radical (unpaired) electrons. The quantitative estimate of drug-likeness (QED) is 0.580. The predicted octanol–water partition coefficient (Wildman–Crippen LogP) is 1.67. The highest BCUT2D eigenvalue weighted by molar-refractivity contribution is 5.71. The van der Waals surface area contributed by atoms with E-state index in [-0.39, 0.29) is 5.92 Å². The highest BCUT2D eigenvalue weighted by atomic mass is 16.4. The number of aliphatic carboxylic acids is 1. The van der Waals surface area contributed by atoms with Crippen molar-refractivity contribution in [3.8, 4) is 0 Å². The summed E-state index contributed by atoms with van der Waals surface area (Å²) in [5, 5.41) is 8.83. The Morgan fingerprint density at radius 1 is 1.45 bits per heavy atom. The van der Waals surface area contributed by atoms with Crippen molar-refractivity contribution in [1.82, 2.24) is 0 Å². The molecule has 0 aromatic rings. The first-order valence-corrected chi connectivity index (χ1v) is 4.17. The van der Waals surface area contributed by atoms with Crippen molar-refractivity contribution in [2.75, 3.05) is 0 Å². The van der Waals surface area contributed by atoms with E-state index in [1.165, 1.54) is 0 Å². The van der Waals surface area contributed by atoms with Gasteiger partial charge in [0.25, 0.3) is 0 Å². The molecule has 0 spiro atoms. The summed E-state index contributed by atoms with van der Waals surface area (Å²) >= 11 is 0. The van der Waals surface area contributed by atoms with Gasteiger partial charge < -0.3 is 5.11 Å². The van der Waals surface area contributed by atoms with Crippen LogP contribution >= 0.6 is 0 Å². The van der Waals surface area contributed by atoms with E-state index in [2.05, 4.69) is 12.2 Å². The summed E-state index contributed by atoms with van der Waals surface area (Å²) in [6.45, 7) is 0. The zero-order valence-corrected chi connectivity index (χ0v) is 6.36. The third-order valence-corrected chi connectivity index (χ3v) is 2.90. The molecule has 11 heavy (non-hydrogen) atoms. The van der Waals surface area contributed by atoms with Crippen LogP contribution in [0.3, 0.4) is 0 Å². The molecule has 2 aliphatic rings. The van der Waals surface area contributed by atoms with Crippen LogP contribution in [0.25, 0.3) is 0 Å². The molecule has 0 unspecified atom stereocenters. The van der Waals surface area contributed by atoms with E-state index in [0.717, 1.165) is 19.3 Å². The van der Waals surface area contributed by atoms with Crippen LogP contribution in [0, 0.1) is 17.8 Å². The van der Waals surface area contributed by atoms with Gasteiger partial charge in [-0.15, -0.1) is 0 Å². The van der Waals surface area contributed by atoms with Gasteiger partial charge in [0.2, 0.25) is 0 Å². The SMILES string of the molecule is O=C(O)[C@@H]1C[C@@H]2C=CC[C@H]1C2. The molecule has 0 aliphatic heterocycles. The number of fused-ring (bicyclic) bond motifs is 2. The minimum absolute atomic E-state index is 0.0602. The van der Waals surface area contributed by atoms with Crippen LogP contribution in [0.4, 0.5) is 0 Å². The summed E-state index contributed by atoms with van der Waals surface area (Å²) < 4.78 is 0. The van der Waals surface area contributed by atoms with Crippen LogP contribution in [0.2, 0.25) is 0 Å². The van der Waals surface area contributed by atoms with E-state index in [0.29, 0.717) is 11.8 Å². The maximum absolute atomic E-state index is 10.7. The molecule has 60 valence electrons. The molecular weight excluding hydrogens is 140 g/mol. The minimum atomic E-state index is -0.596. The Kier molecular flexibility index (Phi) is 1.48. The highest BCUT2D eigenvalue weighted by Crippen LogP contribution is 2.42.